The first-order chi connectivity index (χ1) is 8.42. The van der Waals surface area contributed by atoms with Crippen LogP contribution in [0.25, 0.3) is 0 Å². The predicted molar refractivity (Wildman–Crippen MR) is 75.6 cm³/mol. The van der Waals surface area contributed by atoms with Crippen LogP contribution in [0.2, 0.25) is 0 Å². The molecule has 0 saturated heterocycles. The molecule has 0 bridgehead atoms. The van der Waals surface area contributed by atoms with Gasteiger partial charge in [0.2, 0.25) is 0 Å². The highest BCUT2D eigenvalue weighted by Crippen LogP contribution is 2.34. The third-order valence-electron chi connectivity index (χ3n) is 3.59. The number of methoxy groups -OCH3 is 2. The summed E-state index contributed by atoms with van der Waals surface area (Å²) in [6.45, 7) is 9.37. The molecule has 0 aliphatic heterocycles. The van der Waals surface area contributed by atoms with E-state index in [1.807, 2.05) is 0 Å². The van der Waals surface area contributed by atoms with E-state index in [4.69, 9.17) is 9.47 Å². The molecule has 0 N–H and O–H groups in total. The quantitative estimate of drug-likeness (QED) is 0.802. The normalized spacial score (nSPS) is 11.2. The van der Waals surface area contributed by atoms with E-state index in [0.29, 0.717) is 6.04 Å². The Morgan fingerprint density at radius 1 is 1.11 bits per heavy atom. The van der Waals surface area contributed by atoms with E-state index in [1.54, 1.807) is 14.2 Å². The molecule has 0 atom stereocenters. The largest absolute Gasteiger partial charge is 0.496 e. The van der Waals surface area contributed by atoms with E-state index in [9.17, 15) is 0 Å². The van der Waals surface area contributed by atoms with Crippen molar-refractivity contribution in [3.05, 3.63) is 22.8 Å². The van der Waals surface area contributed by atoms with Gasteiger partial charge in [0, 0.05) is 18.2 Å². The molecule has 0 saturated carbocycles. The Balaban J connectivity index is 3.21. The number of hydrogen-bond donors (Lipinski definition) is 0. The molecule has 0 spiro atoms. The average Bonchev–Trinajstić information content (AvgIpc) is 2.33. The zero-order valence-electron chi connectivity index (χ0n) is 12.6. The summed E-state index contributed by atoms with van der Waals surface area (Å²) < 4.78 is 11.0. The molecule has 102 valence electrons. The van der Waals surface area contributed by atoms with Crippen LogP contribution in [0, 0.1) is 13.8 Å². The molecule has 0 aromatic heterocycles. The van der Waals surface area contributed by atoms with Crippen LogP contribution in [0.1, 0.15) is 30.5 Å². The van der Waals surface area contributed by atoms with Gasteiger partial charge in [-0.1, -0.05) is 0 Å². The number of rotatable bonds is 5. The van der Waals surface area contributed by atoms with Gasteiger partial charge in [-0.15, -0.1) is 0 Å². The Kier molecular flexibility index (Phi) is 5.03. The third kappa shape index (κ3) is 2.96. The highest BCUT2D eigenvalue weighted by Gasteiger charge is 2.15. The Labute approximate surface area is 111 Å². The summed E-state index contributed by atoms with van der Waals surface area (Å²) in [7, 11) is 5.56. The molecule has 0 radical (unpaired) electrons. The van der Waals surface area contributed by atoms with Crippen LogP contribution < -0.4 is 9.47 Å². The molecular weight excluding hydrogens is 226 g/mol. The van der Waals surface area contributed by atoms with Crippen LogP contribution in [0.3, 0.4) is 0 Å². The lowest BCUT2D eigenvalue weighted by molar-refractivity contribution is 0.260. The molecule has 0 fully saturated rings. The van der Waals surface area contributed by atoms with Crippen molar-refractivity contribution >= 4 is 0 Å². The van der Waals surface area contributed by atoms with Gasteiger partial charge in [-0.25, -0.2) is 0 Å². The summed E-state index contributed by atoms with van der Waals surface area (Å²) in [4.78, 5) is 2.28. The highest BCUT2D eigenvalue weighted by molar-refractivity contribution is 5.52. The van der Waals surface area contributed by atoms with Crippen molar-refractivity contribution in [2.75, 3.05) is 21.3 Å². The van der Waals surface area contributed by atoms with E-state index in [0.717, 1.165) is 29.2 Å². The molecule has 0 unspecified atom stereocenters. The SMILES string of the molecule is COc1cc(CN(C)C(C)C)c(OC)c(C)c1C. The molecule has 3 heteroatoms. The van der Waals surface area contributed by atoms with E-state index in [2.05, 4.69) is 45.7 Å². The fourth-order valence-corrected chi connectivity index (χ4v) is 1.99. The van der Waals surface area contributed by atoms with Gasteiger partial charge in [0.25, 0.3) is 0 Å². The molecular formula is C15H25NO2. The first-order valence-corrected chi connectivity index (χ1v) is 6.33. The van der Waals surface area contributed by atoms with Crippen molar-refractivity contribution in [1.82, 2.24) is 4.90 Å². The van der Waals surface area contributed by atoms with Crippen molar-refractivity contribution in [2.24, 2.45) is 0 Å². The maximum Gasteiger partial charge on any atom is 0.126 e. The minimum atomic E-state index is 0.502. The van der Waals surface area contributed by atoms with E-state index >= 15 is 0 Å². The predicted octanol–water partition coefficient (Wildman–Crippen LogP) is 3.16. The lowest BCUT2D eigenvalue weighted by atomic mass is 10.0. The zero-order chi connectivity index (χ0) is 13.9. The van der Waals surface area contributed by atoms with Crippen LogP contribution in [-0.2, 0) is 6.54 Å². The first-order valence-electron chi connectivity index (χ1n) is 6.33. The third-order valence-corrected chi connectivity index (χ3v) is 3.59. The zero-order valence-corrected chi connectivity index (χ0v) is 12.6. The smallest absolute Gasteiger partial charge is 0.126 e. The van der Waals surface area contributed by atoms with Crippen LogP contribution in [-0.4, -0.2) is 32.2 Å². The van der Waals surface area contributed by atoms with Gasteiger partial charge in [-0.3, -0.25) is 4.90 Å². The van der Waals surface area contributed by atoms with Gasteiger partial charge in [0.05, 0.1) is 14.2 Å². The molecule has 1 rings (SSSR count). The molecule has 1 aromatic carbocycles. The second-order valence-corrected chi connectivity index (χ2v) is 5.03. The Hall–Kier alpha value is -1.22. The molecule has 0 amide bonds. The molecule has 0 aliphatic rings. The van der Waals surface area contributed by atoms with Crippen LogP contribution >= 0.6 is 0 Å². The highest BCUT2D eigenvalue weighted by atomic mass is 16.5. The van der Waals surface area contributed by atoms with Crippen LogP contribution in [0.15, 0.2) is 6.07 Å². The fourth-order valence-electron chi connectivity index (χ4n) is 1.99. The summed E-state index contributed by atoms with van der Waals surface area (Å²) in [5.74, 6) is 1.90. The van der Waals surface area contributed by atoms with E-state index in [-0.39, 0.29) is 0 Å². The minimum Gasteiger partial charge on any atom is -0.496 e. The molecule has 1 aromatic rings. The van der Waals surface area contributed by atoms with Gasteiger partial charge in [0.15, 0.2) is 0 Å². The number of nitrogens with zero attached hydrogens (tertiary/aromatic N) is 1. The summed E-state index contributed by atoms with van der Waals surface area (Å²) in [5, 5.41) is 0. The Morgan fingerprint density at radius 2 is 1.72 bits per heavy atom. The van der Waals surface area contributed by atoms with Crippen molar-refractivity contribution < 1.29 is 9.47 Å². The van der Waals surface area contributed by atoms with Gasteiger partial charge < -0.3 is 9.47 Å². The van der Waals surface area contributed by atoms with E-state index < -0.39 is 0 Å². The number of hydrogen-bond acceptors (Lipinski definition) is 3. The number of benzene rings is 1. The average molecular weight is 251 g/mol. The standard InChI is InChI=1S/C15H25NO2/c1-10(2)16(5)9-13-8-14(17-6)11(3)12(4)15(13)18-7/h8,10H,9H2,1-7H3. The van der Waals surface area contributed by atoms with Crippen molar-refractivity contribution in [3.63, 3.8) is 0 Å². The molecule has 18 heavy (non-hydrogen) atoms. The van der Waals surface area contributed by atoms with Gasteiger partial charge >= 0.3 is 0 Å². The van der Waals surface area contributed by atoms with E-state index in [1.165, 1.54) is 5.56 Å². The summed E-state index contributed by atoms with van der Waals surface area (Å²) >= 11 is 0. The summed E-state index contributed by atoms with van der Waals surface area (Å²) in [6.07, 6.45) is 0. The lowest BCUT2D eigenvalue weighted by Crippen LogP contribution is -2.26. The monoisotopic (exact) mass is 251 g/mol. The molecule has 0 heterocycles. The number of ether oxygens (including phenoxy) is 2. The van der Waals surface area contributed by atoms with Crippen molar-refractivity contribution in [3.8, 4) is 11.5 Å². The maximum absolute atomic E-state index is 5.55. The van der Waals surface area contributed by atoms with Crippen LogP contribution in [0.5, 0.6) is 11.5 Å². The molecule has 3 nitrogen and oxygen atoms in total. The fraction of sp³-hybridized carbons (Fsp3) is 0.600. The molecule has 0 aliphatic carbocycles. The van der Waals surface area contributed by atoms with Crippen molar-refractivity contribution in [1.29, 1.82) is 0 Å². The Morgan fingerprint density at radius 3 is 2.17 bits per heavy atom. The van der Waals surface area contributed by atoms with Crippen LogP contribution in [0.4, 0.5) is 0 Å². The lowest BCUT2D eigenvalue weighted by Gasteiger charge is -2.24. The first kappa shape index (κ1) is 14.8. The minimum absolute atomic E-state index is 0.502. The second kappa shape index (κ2) is 6.10. The van der Waals surface area contributed by atoms with Gasteiger partial charge in [0.1, 0.15) is 11.5 Å². The van der Waals surface area contributed by atoms with Gasteiger partial charge in [-0.2, -0.15) is 0 Å². The van der Waals surface area contributed by atoms with Gasteiger partial charge in [-0.05, 0) is 51.9 Å². The summed E-state index contributed by atoms with van der Waals surface area (Å²) in [6, 6.07) is 2.59. The van der Waals surface area contributed by atoms with Crippen molar-refractivity contribution in [2.45, 2.75) is 40.3 Å². The topological polar surface area (TPSA) is 21.7 Å². The second-order valence-electron chi connectivity index (χ2n) is 5.03. The summed E-state index contributed by atoms with van der Waals surface area (Å²) in [5.41, 5.74) is 3.47. The Bertz CT molecular complexity index is 413. The maximum atomic E-state index is 5.55.